The lowest BCUT2D eigenvalue weighted by Gasteiger charge is -2.10. The number of primary amides is 1. The molecular weight excluding hydrogens is 200 g/mol. The van der Waals surface area contributed by atoms with Gasteiger partial charge < -0.3 is 10.8 Å². The first-order chi connectivity index (χ1) is 5.72. The summed E-state index contributed by atoms with van der Waals surface area (Å²) in [6.45, 7) is 0. The highest BCUT2D eigenvalue weighted by Crippen LogP contribution is 1.93. The number of sulfonamides is 1. The second kappa shape index (κ2) is 4.19. The number of hydrogen-bond acceptors (Lipinski definition) is 4. The Morgan fingerprint density at radius 1 is 1.54 bits per heavy atom. The van der Waals surface area contributed by atoms with Crippen molar-refractivity contribution in [2.75, 3.05) is 6.26 Å². The summed E-state index contributed by atoms with van der Waals surface area (Å²) >= 11 is 0. The van der Waals surface area contributed by atoms with Gasteiger partial charge in [0.25, 0.3) is 0 Å². The molecule has 4 N–H and O–H groups in total. The first kappa shape index (κ1) is 11.8. The largest absolute Gasteiger partial charge is 0.481 e. The zero-order valence-electron chi connectivity index (χ0n) is 6.85. The summed E-state index contributed by atoms with van der Waals surface area (Å²) in [4.78, 5) is 20.7. The van der Waals surface area contributed by atoms with Crippen LogP contribution in [0.1, 0.15) is 6.42 Å². The lowest BCUT2D eigenvalue weighted by molar-refractivity contribution is -0.139. The Labute approximate surface area is 75.0 Å². The van der Waals surface area contributed by atoms with Gasteiger partial charge in [0.2, 0.25) is 15.9 Å². The third kappa shape index (κ3) is 6.05. The molecule has 0 bridgehead atoms. The van der Waals surface area contributed by atoms with Gasteiger partial charge >= 0.3 is 5.97 Å². The average molecular weight is 210 g/mol. The van der Waals surface area contributed by atoms with Crippen LogP contribution in [-0.2, 0) is 19.6 Å². The Hall–Kier alpha value is -1.15. The van der Waals surface area contributed by atoms with E-state index in [0.717, 1.165) is 6.26 Å². The number of aliphatic carboxylic acids is 1. The van der Waals surface area contributed by atoms with E-state index in [0.29, 0.717) is 0 Å². The van der Waals surface area contributed by atoms with E-state index >= 15 is 0 Å². The second-order valence-corrected chi connectivity index (χ2v) is 4.22. The van der Waals surface area contributed by atoms with Crippen LogP contribution in [-0.4, -0.2) is 37.7 Å². The van der Waals surface area contributed by atoms with Gasteiger partial charge in [0.05, 0.1) is 12.7 Å². The number of hydrogen-bond donors (Lipinski definition) is 3. The first-order valence-electron chi connectivity index (χ1n) is 3.21. The van der Waals surface area contributed by atoms with Crippen molar-refractivity contribution < 1.29 is 23.1 Å². The maximum Gasteiger partial charge on any atom is 0.305 e. The van der Waals surface area contributed by atoms with Crippen LogP contribution in [0.4, 0.5) is 0 Å². The minimum absolute atomic E-state index is 0.664. The normalized spacial score (nSPS) is 13.6. The molecule has 1 atom stereocenters. The zero-order valence-corrected chi connectivity index (χ0v) is 7.67. The predicted molar refractivity (Wildman–Crippen MR) is 43.2 cm³/mol. The standard InChI is InChI=1S/C5H10N2O5S/c1-13(11,12)7-3(5(6)10)2-4(8)9/h3,7H,2H2,1H3,(H2,6,10)(H,8,9)/t3-/m0/s1. The molecule has 76 valence electrons. The Kier molecular flexibility index (Phi) is 3.82. The molecule has 0 radical (unpaired) electrons. The lowest BCUT2D eigenvalue weighted by atomic mass is 10.2. The molecule has 0 rings (SSSR count). The van der Waals surface area contributed by atoms with Gasteiger partial charge in [-0.05, 0) is 0 Å². The fourth-order valence-electron chi connectivity index (χ4n) is 0.633. The number of rotatable bonds is 5. The molecule has 7 nitrogen and oxygen atoms in total. The summed E-state index contributed by atoms with van der Waals surface area (Å²) < 4.78 is 23.0. The van der Waals surface area contributed by atoms with Gasteiger partial charge in [0.1, 0.15) is 6.04 Å². The van der Waals surface area contributed by atoms with Crippen LogP contribution in [0.25, 0.3) is 0 Å². The van der Waals surface area contributed by atoms with E-state index in [2.05, 4.69) is 0 Å². The molecule has 0 aromatic carbocycles. The van der Waals surface area contributed by atoms with Crippen LogP contribution in [0, 0.1) is 0 Å². The minimum Gasteiger partial charge on any atom is -0.481 e. The van der Waals surface area contributed by atoms with Crippen molar-refractivity contribution >= 4 is 21.9 Å². The monoisotopic (exact) mass is 210 g/mol. The summed E-state index contributed by atoms with van der Waals surface area (Å²) in [5, 5.41) is 8.29. The summed E-state index contributed by atoms with van der Waals surface area (Å²) in [7, 11) is -3.63. The Bertz CT molecular complexity index is 309. The van der Waals surface area contributed by atoms with E-state index in [1.807, 2.05) is 0 Å². The molecule has 0 spiro atoms. The molecule has 0 aromatic rings. The number of carboxylic acids is 1. The van der Waals surface area contributed by atoms with Crippen LogP contribution in [0.3, 0.4) is 0 Å². The molecule has 1 amide bonds. The fraction of sp³-hybridized carbons (Fsp3) is 0.600. The van der Waals surface area contributed by atoms with Gasteiger partial charge in [-0.1, -0.05) is 0 Å². The van der Waals surface area contributed by atoms with Crippen molar-refractivity contribution in [2.24, 2.45) is 5.73 Å². The van der Waals surface area contributed by atoms with E-state index in [9.17, 15) is 18.0 Å². The third-order valence-electron chi connectivity index (χ3n) is 1.08. The topological polar surface area (TPSA) is 127 Å². The average Bonchev–Trinajstić information content (AvgIpc) is 1.81. The van der Waals surface area contributed by atoms with Gasteiger partial charge in [-0.2, -0.15) is 0 Å². The van der Waals surface area contributed by atoms with Crippen LogP contribution in [0.15, 0.2) is 0 Å². The number of carbonyl (C=O) groups is 2. The van der Waals surface area contributed by atoms with E-state index < -0.39 is 34.4 Å². The van der Waals surface area contributed by atoms with Crippen LogP contribution in [0.5, 0.6) is 0 Å². The summed E-state index contributed by atoms with van der Waals surface area (Å²) in [5.74, 6) is -2.33. The molecule has 0 aliphatic heterocycles. The number of nitrogens with one attached hydrogen (secondary N) is 1. The quantitative estimate of drug-likeness (QED) is 0.477. The van der Waals surface area contributed by atoms with Crippen molar-refractivity contribution in [1.29, 1.82) is 0 Å². The Morgan fingerprint density at radius 3 is 2.23 bits per heavy atom. The molecule has 0 aliphatic rings. The van der Waals surface area contributed by atoms with Crippen LogP contribution >= 0.6 is 0 Å². The van der Waals surface area contributed by atoms with Crippen LogP contribution < -0.4 is 10.5 Å². The number of nitrogens with two attached hydrogens (primary N) is 1. The van der Waals surface area contributed by atoms with Crippen LogP contribution in [0.2, 0.25) is 0 Å². The molecule has 0 heterocycles. The summed E-state index contributed by atoms with van der Waals surface area (Å²) in [5.41, 5.74) is 4.76. The van der Waals surface area contributed by atoms with Crippen molar-refractivity contribution in [3.05, 3.63) is 0 Å². The van der Waals surface area contributed by atoms with E-state index in [4.69, 9.17) is 10.8 Å². The molecule has 13 heavy (non-hydrogen) atoms. The van der Waals surface area contributed by atoms with Gasteiger partial charge in [0.15, 0.2) is 0 Å². The van der Waals surface area contributed by atoms with Gasteiger partial charge in [0, 0.05) is 0 Å². The Balaban J connectivity index is 4.45. The Morgan fingerprint density at radius 2 is 2.00 bits per heavy atom. The molecule has 0 aromatic heterocycles. The van der Waals surface area contributed by atoms with E-state index in [1.165, 1.54) is 0 Å². The second-order valence-electron chi connectivity index (χ2n) is 2.44. The molecule has 0 saturated heterocycles. The van der Waals surface area contributed by atoms with Crippen molar-refractivity contribution in [1.82, 2.24) is 4.72 Å². The first-order valence-corrected chi connectivity index (χ1v) is 5.10. The van der Waals surface area contributed by atoms with E-state index in [-0.39, 0.29) is 0 Å². The molecule has 0 fully saturated rings. The smallest absolute Gasteiger partial charge is 0.305 e. The van der Waals surface area contributed by atoms with Crippen molar-refractivity contribution in [3.8, 4) is 0 Å². The number of carbonyl (C=O) groups excluding carboxylic acids is 1. The van der Waals surface area contributed by atoms with Crippen molar-refractivity contribution in [3.63, 3.8) is 0 Å². The lowest BCUT2D eigenvalue weighted by Crippen LogP contribution is -2.45. The van der Waals surface area contributed by atoms with Gasteiger partial charge in [-0.15, -0.1) is 0 Å². The third-order valence-corrected chi connectivity index (χ3v) is 1.79. The SMILES string of the molecule is CS(=O)(=O)N[C@@H](CC(=O)O)C(N)=O. The highest BCUT2D eigenvalue weighted by molar-refractivity contribution is 7.88. The molecular formula is C5H10N2O5S. The molecule has 0 unspecified atom stereocenters. The summed E-state index contributed by atoms with van der Waals surface area (Å²) in [6, 6.07) is -1.40. The molecule has 8 heteroatoms. The summed E-state index contributed by atoms with van der Waals surface area (Å²) in [6.07, 6.45) is 0.146. The predicted octanol–water partition coefficient (Wildman–Crippen LogP) is -2.14. The number of amides is 1. The highest BCUT2D eigenvalue weighted by Gasteiger charge is 2.22. The minimum atomic E-state index is -3.63. The number of carboxylic acid groups (broad SMARTS) is 1. The van der Waals surface area contributed by atoms with Gasteiger partial charge in [-0.25, -0.2) is 13.1 Å². The highest BCUT2D eigenvalue weighted by atomic mass is 32.2. The maximum atomic E-state index is 10.6. The van der Waals surface area contributed by atoms with E-state index in [1.54, 1.807) is 4.72 Å². The maximum absolute atomic E-state index is 10.6. The van der Waals surface area contributed by atoms with Crippen molar-refractivity contribution in [2.45, 2.75) is 12.5 Å². The zero-order chi connectivity index (χ0) is 10.6. The fourth-order valence-corrected chi connectivity index (χ4v) is 1.35. The van der Waals surface area contributed by atoms with Gasteiger partial charge in [-0.3, -0.25) is 9.59 Å². The molecule has 0 aliphatic carbocycles. The molecule has 0 saturated carbocycles.